The topological polar surface area (TPSA) is 91.9 Å². The zero-order valence-electron chi connectivity index (χ0n) is 13.6. The van der Waals surface area contributed by atoms with Crippen molar-refractivity contribution in [3.8, 4) is 11.3 Å². The Morgan fingerprint density at radius 1 is 1.24 bits per heavy atom. The number of para-hydroxylation sites is 1. The number of furan rings is 1. The lowest BCUT2D eigenvalue weighted by Gasteiger charge is -2.35. The number of amides is 2. The highest BCUT2D eigenvalue weighted by Crippen LogP contribution is 2.31. The summed E-state index contributed by atoms with van der Waals surface area (Å²) in [6, 6.07) is 10.4. The fourth-order valence-electron chi connectivity index (χ4n) is 3.48. The van der Waals surface area contributed by atoms with Gasteiger partial charge in [0, 0.05) is 32.2 Å². The van der Waals surface area contributed by atoms with E-state index >= 15 is 0 Å². The smallest absolute Gasteiger partial charge is 0.317 e. The van der Waals surface area contributed by atoms with Crippen molar-refractivity contribution in [2.75, 3.05) is 26.2 Å². The maximum atomic E-state index is 11.6. The van der Waals surface area contributed by atoms with E-state index in [1.807, 2.05) is 11.0 Å². The van der Waals surface area contributed by atoms with Crippen molar-refractivity contribution in [3.63, 3.8) is 0 Å². The van der Waals surface area contributed by atoms with Gasteiger partial charge in [-0.05, 0) is 18.2 Å². The fourth-order valence-corrected chi connectivity index (χ4v) is 3.48. The van der Waals surface area contributed by atoms with E-state index in [9.17, 15) is 14.9 Å². The highest BCUT2D eigenvalue weighted by Gasteiger charge is 2.35. The first kappa shape index (κ1) is 15.6. The van der Waals surface area contributed by atoms with Crippen LogP contribution in [0.2, 0.25) is 0 Å². The SMILES string of the molecule is O=C1NC[C@@H]2CN(Cc3ccc(-c4ccccc4[N+](=O)[O-])o3)CCN12. The van der Waals surface area contributed by atoms with Crippen LogP contribution in [0.3, 0.4) is 0 Å². The number of urea groups is 1. The molecule has 2 fully saturated rings. The minimum absolute atomic E-state index is 0.0151. The molecule has 0 radical (unpaired) electrons. The Morgan fingerprint density at radius 3 is 2.92 bits per heavy atom. The number of benzene rings is 1. The van der Waals surface area contributed by atoms with E-state index in [1.165, 1.54) is 6.07 Å². The van der Waals surface area contributed by atoms with Crippen molar-refractivity contribution >= 4 is 11.7 Å². The van der Waals surface area contributed by atoms with Crippen molar-refractivity contribution in [3.05, 3.63) is 52.3 Å². The average molecular weight is 342 g/mol. The third-order valence-electron chi connectivity index (χ3n) is 4.72. The van der Waals surface area contributed by atoms with Gasteiger partial charge in [-0.25, -0.2) is 4.79 Å². The second-order valence-corrected chi connectivity index (χ2v) is 6.31. The van der Waals surface area contributed by atoms with Gasteiger partial charge in [0.05, 0.1) is 23.1 Å². The molecular formula is C17H18N4O4. The van der Waals surface area contributed by atoms with E-state index in [2.05, 4.69) is 10.2 Å². The van der Waals surface area contributed by atoms with E-state index < -0.39 is 4.92 Å². The number of hydrogen-bond acceptors (Lipinski definition) is 5. The molecule has 1 N–H and O–H groups in total. The van der Waals surface area contributed by atoms with Gasteiger partial charge in [-0.3, -0.25) is 15.0 Å². The number of nitrogens with one attached hydrogen (secondary N) is 1. The summed E-state index contributed by atoms with van der Waals surface area (Å²) in [5.41, 5.74) is 0.515. The summed E-state index contributed by atoms with van der Waals surface area (Å²) in [5.74, 6) is 1.26. The van der Waals surface area contributed by atoms with Crippen LogP contribution in [-0.4, -0.2) is 53.0 Å². The molecule has 3 heterocycles. The highest BCUT2D eigenvalue weighted by atomic mass is 16.6. The number of nitro benzene ring substituents is 1. The van der Waals surface area contributed by atoms with Crippen LogP contribution < -0.4 is 5.32 Å². The standard InChI is InChI=1S/C17H18N4O4/c22-17-18-9-12-10-19(7-8-20(12)17)11-13-5-6-16(25-13)14-3-1-2-4-15(14)21(23)24/h1-6,12H,7-11H2,(H,18,22)/t12-/m1/s1. The van der Waals surface area contributed by atoms with Crippen molar-refractivity contribution in [1.82, 2.24) is 15.1 Å². The molecule has 130 valence electrons. The van der Waals surface area contributed by atoms with Crippen molar-refractivity contribution in [1.29, 1.82) is 0 Å². The first-order valence-corrected chi connectivity index (χ1v) is 8.21. The number of fused-ring (bicyclic) bond motifs is 1. The average Bonchev–Trinajstić information content (AvgIpc) is 3.22. The van der Waals surface area contributed by atoms with Gasteiger partial charge in [0.15, 0.2) is 0 Å². The van der Waals surface area contributed by atoms with Gasteiger partial charge in [-0.2, -0.15) is 0 Å². The number of carbonyl (C=O) groups is 1. The molecule has 2 aliphatic rings. The lowest BCUT2D eigenvalue weighted by Crippen LogP contribution is -2.51. The van der Waals surface area contributed by atoms with Gasteiger partial charge in [0.2, 0.25) is 0 Å². The molecule has 1 atom stereocenters. The van der Waals surface area contributed by atoms with Gasteiger partial charge >= 0.3 is 6.03 Å². The molecular weight excluding hydrogens is 324 g/mol. The van der Waals surface area contributed by atoms with Gasteiger partial charge in [-0.1, -0.05) is 12.1 Å². The van der Waals surface area contributed by atoms with E-state index in [0.29, 0.717) is 31.0 Å². The summed E-state index contributed by atoms with van der Waals surface area (Å²) in [6.07, 6.45) is 0. The Labute approximate surface area is 144 Å². The van der Waals surface area contributed by atoms with Crippen molar-refractivity contribution in [2.45, 2.75) is 12.6 Å². The van der Waals surface area contributed by atoms with Gasteiger partial charge < -0.3 is 14.6 Å². The number of nitro groups is 1. The van der Waals surface area contributed by atoms with Crippen LogP contribution in [0.25, 0.3) is 11.3 Å². The van der Waals surface area contributed by atoms with E-state index in [-0.39, 0.29) is 17.8 Å². The number of piperazine rings is 1. The number of hydrogen-bond donors (Lipinski definition) is 1. The molecule has 8 heteroatoms. The Kier molecular flexibility index (Phi) is 3.89. The maximum Gasteiger partial charge on any atom is 0.317 e. The highest BCUT2D eigenvalue weighted by molar-refractivity contribution is 5.77. The largest absolute Gasteiger partial charge is 0.459 e. The lowest BCUT2D eigenvalue weighted by molar-refractivity contribution is -0.384. The fraction of sp³-hybridized carbons (Fsp3) is 0.353. The molecule has 25 heavy (non-hydrogen) atoms. The molecule has 0 unspecified atom stereocenters. The molecule has 0 spiro atoms. The third kappa shape index (κ3) is 2.96. The van der Waals surface area contributed by atoms with Crippen LogP contribution >= 0.6 is 0 Å². The van der Waals surface area contributed by atoms with E-state index in [0.717, 1.165) is 18.8 Å². The summed E-state index contributed by atoms with van der Waals surface area (Å²) in [5, 5.41) is 14.0. The normalized spacial score (nSPS) is 20.4. The molecule has 2 aliphatic heterocycles. The van der Waals surface area contributed by atoms with Crippen molar-refractivity contribution < 1.29 is 14.1 Å². The van der Waals surface area contributed by atoms with Gasteiger partial charge in [0.25, 0.3) is 5.69 Å². The van der Waals surface area contributed by atoms with Crippen molar-refractivity contribution in [2.24, 2.45) is 0 Å². The Bertz CT molecular complexity index is 818. The molecule has 2 saturated heterocycles. The van der Waals surface area contributed by atoms with Crippen LogP contribution in [-0.2, 0) is 6.54 Å². The molecule has 0 saturated carbocycles. The quantitative estimate of drug-likeness (QED) is 0.678. The van der Waals surface area contributed by atoms with E-state index in [1.54, 1.807) is 24.3 Å². The van der Waals surface area contributed by atoms with Gasteiger partial charge in [0.1, 0.15) is 11.5 Å². The number of nitrogens with zero attached hydrogens (tertiary/aromatic N) is 3. The first-order chi connectivity index (χ1) is 12.1. The Hall–Kier alpha value is -2.87. The van der Waals surface area contributed by atoms with E-state index in [4.69, 9.17) is 4.42 Å². The summed E-state index contributed by atoms with van der Waals surface area (Å²) in [6.45, 7) is 3.58. The summed E-state index contributed by atoms with van der Waals surface area (Å²) >= 11 is 0. The molecule has 2 aromatic rings. The summed E-state index contributed by atoms with van der Waals surface area (Å²) < 4.78 is 5.85. The zero-order chi connectivity index (χ0) is 17.4. The molecule has 4 rings (SSSR count). The number of rotatable bonds is 4. The molecule has 2 amide bonds. The Balaban J connectivity index is 1.48. The van der Waals surface area contributed by atoms with Crippen LogP contribution in [0.1, 0.15) is 5.76 Å². The third-order valence-corrected chi connectivity index (χ3v) is 4.72. The molecule has 1 aromatic heterocycles. The molecule has 8 nitrogen and oxygen atoms in total. The predicted octanol–water partition coefficient (Wildman–Crippen LogP) is 2.06. The van der Waals surface area contributed by atoms with Crippen LogP contribution in [0, 0.1) is 10.1 Å². The second kappa shape index (κ2) is 6.21. The van der Waals surface area contributed by atoms with Gasteiger partial charge in [-0.15, -0.1) is 0 Å². The predicted molar refractivity (Wildman–Crippen MR) is 90.0 cm³/mol. The summed E-state index contributed by atoms with van der Waals surface area (Å²) in [7, 11) is 0. The molecule has 0 aliphatic carbocycles. The Morgan fingerprint density at radius 2 is 2.08 bits per heavy atom. The van der Waals surface area contributed by atoms with Crippen LogP contribution in [0.15, 0.2) is 40.8 Å². The van der Waals surface area contributed by atoms with Crippen LogP contribution in [0.4, 0.5) is 10.5 Å². The monoisotopic (exact) mass is 342 g/mol. The minimum Gasteiger partial charge on any atom is -0.459 e. The molecule has 0 bridgehead atoms. The first-order valence-electron chi connectivity index (χ1n) is 8.21. The molecule has 1 aromatic carbocycles. The summed E-state index contributed by atoms with van der Waals surface area (Å²) in [4.78, 5) is 26.5. The zero-order valence-corrected chi connectivity index (χ0v) is 13.6. The maximum absolute atomic E-state index is 11.6. The minimum atomic E-state index is -0.402. The van der Waals surface area contributed by atoms with Crippen LogP contribution in [0.5, 0.6) is 0 Å². The second-order valence-electron chi connectivity index (χ2n) is 6.31. The number of carbonyl (C=O) groups excluding carboxylic acids is 1. The lowest BCUT2D eigenvalue weighted by atomic mass is 10.1.